The molecule has 4 aromatic rings. The van der Waals surface area contributed by atoms with Gasteiger partial charge in [-0.3, -0.25) is 0 Å². The number of thiophene rings is 1. The van der Waals surface area contributed by atoms with Gasteiger partial charge in [0.2, 0.25) is 0 Å². The lowest BCUT2D eigenvalue weighted by Crippen LogP contribution is -2.03. The summed E-state index contributed by atoms with van der Waals surface area (Å²) in [6.07, 6.45) is 3.65. The van der Waals surface area contributed by atoms with Crippen LogP contribution in [0, 0.1) is 0 Å². The zero-order valence-corrected chi connectivity index (χ0v) is 13.2. The number of nitrogens with one attached hydrogen (secondary N) is 1. The van der Waals surface area contributed by atoms with Crippen LogP contribution >= 0.6 is 22.9 Å². The van der Waals surface area contributed by atoms with Crippen molar-refractivity contribution < 1.29 is 0 Å². The highest BCUT2D eigenvalue weighted by Gasteiger charge is 2.21. The number of H-pyrrole nitrogens is 1. The number of imidazole rings is 1. The first-order valence-corrected chi connectivity index (χ1v) is 8.24. The summed E-state index contributed by atoms with van der Waals surface area (Å²) < 4.78 is 0.798. The van der Waals surface area contributed by atoms with Gasteiger partial charge in [-0.25, -0.2) is 4.98 Å². The number of hydrogen-bond acceptors (Lipinski definition) is 2. The minimum atomic E-state index is 0.0807. The molecule has 1 N–H and O–H groups in total. The molecule has 0 spiro atoms. The molecule has 0 radical (unpaired) electrons. The van der Waals surface area contributed by atoms with Crippen molar-refractivity contribution in [2.75, 3.05) is 0 Å². The van der Waals surface area contributed by atoms with Crippen molar-refractivity contribution in [3.05, 3.63) is 87.6 Å². The van der Waals surface area contributed by atoms with Gasteiger partial charge in [0.25, 0.3) is 0 Å². The predicted octanol–water partition coefficient (Wildman–Crippen LogP) is 5.46. The lowest BCUT2D eigenvalue weighted by molar-refractivity contribution is 0.903. The van der Waals surface area contributed by atoms with Crippen molar-refractivity contribution in [3.63, 3.8) is 0 Å². The molecule has 0 bridgehead atoms. The van der Waals surface area contributed by atoms with Crippen LogP contribution in [0.3, 0.4) is 0 Å². The highest BCUT2D eigenvalue weighted by molar-refractivity contribution is 7.16. The van der Waals surface area contributed by atoms with Gasteiger partial charge in [0.05, 0.1) is 10.3 Å². The van der Waals surface area contributed by atoms with Gasteiger partial charge in [0.15, 0.2) is 0 Å². The van der Waals surface area contributed by atoms with E-state index in [2.05, 4.69) is 58.5 Å². The maximum absolute atomic E-state index is 6.14. The van der Waals surface area contributed by atoms with Crippen LogP contribution in [-0.4, -0.2) is 9.97 Å². The highest BCUT2D eigenvalue weighted by atomic mass is 35.5. The minimum Gasteiger partial charge on any atom is -0.348 e. The highest BCUT2D eigenvalue weighted by Crippen LogP contribution is 2.36. The summed E-state index contributed by atoms with van der Waals surface area (Å²) in [5.74, 6) is 1.02. The number of aromatic amines is 1. The third-order valence-electron chi connectivity index (χ3n) is 3.78. The lowest BCUT2D eigenvalue weighted by atomic mass is 9.94. The molecule has 108 valence electrons. The Kier molecular flexibility index (Phi) is 3.45. The number of nitrogens with zero attached hydrogens (tertiary/aromatic N) is 1. The standard InChI is InChI=1S/C18H13ClN2S/c19-16-8-7-15(22-16)17(18-20-9-10-21-18)14-6-5-12-3-1-2-4-13(12)11-14/h1-11,17H,(H,20,21). The van der Waals surface area contributed by atoms with Crippen LogP contribution in [0.15, 0.2) is 67.0 Å². The van der Waals surface area contributed by atoms with E-state index < -0.39 is 0 Å². The van der Waals surface area contributed by atoms with Gasteiger partial charge >= 0.3 is 0 Å². The maximum Gasteiger partial charge on any atom is 0.118 e. The molecular weight excluding hydrogens is 312 g/mol. The second-order valence-electron chi connectivity index (χ2n) is 5.16. The summed E-state index contributed by atoms with van der Waals surface area (Å²) in [4.78, 5) is 8.90. The van der Waals surface area contributed by atoms with Gasteiger partial charge in [-0.15, -0.1) is 11.3 Å². The van der Waals surface area contributed by atoms with E-state index in [1.165, 1.54) is 21.2 Å². The summed E-state index contributed by atoms with van der Waals surface area (Å²) in [5.41, 5.74) is 1.21. The third kappa shape index (κ3) is 2.43. The van der Waals surface area contributed by atoms with Crippen LogP contribution in [0.5, 0.6) is 0 Å². The summed E-state index contributed by atoms with van der Waals surface area (Å²) >= 11 is 7.74. The Bertz CT molecular complexity index is 912. The molecule has 2 heterocycles. The fourth-order valence-electron chi connectivity index (χ4n) is 2.76. The fraction of sp³-hybridized carbons (Fsp3) is 0.0556. The van der Waals surface area contributed by atoms with Crippen molar-refractivity contribution in [2.45, 2.75) is 5.92 Å². The van der Waals surface area contributed by atoms with Gasteiger partial charge in [0.1, 0.15) is 5.82 Å². The molecule has 0 saturated heterocycles. The van der Waals surface area contributed by atoms with Crippen molar-refractivity contribution in [3.8, 4) is 0 Å². The molecule has 0 saturated carbocycles. The molecular formula is C18H13ClN2S. The Morgan fingerprint density at radius 3 is 2.59 bits per heavy atom. The largest absolute Gasteiger partial charge is 0.348 e. The second kappa shape index (κ2) is 5.59. The van der Waals surface area contributed by atoms with Gasteiger partial charge in [-0.05, 0) is 28.5 Å². The number of benzene rings is 2. The van der Waals surface area contributed by atoms with E-state index >= 15 is 0 Å². The Morgan fingerprint density at radius 1 is 1.00 bits per heavy atom. The van der Waals surface area contributed by atoms with Crippen LogP contribution in [0.25, 0.3) is 10.8 Å². The maximum atomic E-state index is 6.14. The Hall–Kier alpha value is -2.10. The van der Waals surface area contributed by atoms with Crippen molar-refractivity contribution in [1.82, 2.24) is 9.97 Å². The SMILES string of the molecule is Clc1ccc(C(c2ccc3ccccc3c2)c2ncc[nH]2)s1. The lowest BCUT2D eigenvalue weighted by Gasteiger charge is -2.14. The van der Waals surface area contributed by atoms with Crippen LogP contribution in [0.2, 0.25) is 4.34 Å². The van der Waals surface area contributed by atoms with E-state index in [9.17, 15) is 0 Å². The average molecular weight is 325 g/mol. The molecule has 1 atom stereocenters. The smallest absolute Gasteiger partial charge is 0.118 e. The van der Waals surface area contributed by atoms with E-state index in [-0.39, 0.29) is 5.92 Å². The number of aromatic nitrogens is 2. The van der Waals surface area contributed by atoms with Gasteiger partial charge in [-0.1, -0.05) is 54.1 Å². The monoisotopic (exact) mass is 324 g/mol. The van der Waals surface area contributed by atoms with Crippen molar-refractivity contribution in [2.24, 2.45) is 0 Å². The molecule has 2 aromatic heterocycles. The summed E-state index contributed by atoms with van der Waals surface area (Å²) in [6.45, 7) is 0. The van der Waals surface area contributed by atoms with Crippen molar-refractivity contribution >= 4 is 33.7 Å². The Morgan fingerprint density at radius 2 is 1.86 bits per heavy atom. The number of hydrogen-bond donors (Lipinski definition) is 1. The molecule has 0 fully saturated rings. The van der Waals surface area contributed by atoms with E-state index in [4.69, 9.17) is 11.6 Å². The zero-order valence-electron chi connectivity index (χ0n) is 11.7. The first-order valence-electron chi connectivity index (χ1n) is 7.04. The minimum absolute atomic E-state index is 0.0807. The normalized spacial score (nSPS) is 12.6. The quantitative estimate of drug-likeness (QED) is 0.532. The molecule has 2 aromatic carbocycles. The third-order valence-corrected chi connectivity index (χ3v) is 5.07. The predicted molar refractivity (Wildman–Crippen MR) is 92.8 cm³/mol. The fourth-order valence-corrected chi connectivity index (χ4v) is 3.96. The first-order chi connectivity index (χ1) is 10.8. The summed E-state index contributed by atoms with van der Waals surface area (Å²) in [7, 11) is 0. The molecule has 0 amide bonds. The number of halogens is 1. The van der Waals surface area contributed by atoms with Crippen LogP contribution in [0.4, 0.5) is 0 Å². The number of fused-ring (bicyclic) bond motifs is 1. The van der Waals surface area contributed by atoms with E-state index in [1.807, 2.05) is 12.3 Å². The van der Waals surface area contributed by atoms with Crippen molar-refractivity contribution in [1.29, 1.82) is 0 Å². The van der Waals surface area contributed by atoms with E-state index in [0.29, 0.717) is 0 Å². The van der Waals surface area contributed by atoms with Gasteiger partial charge in [0, 0.05) is 17.3 Å². The topological polar surface area (TPSA) is 28.7 Å². The van der Waals surface area contributed by atoms with E-state index in [1.54, 1.807) is 17.5 Å². The molecule has 22 heavy (non-hydrogen) atoms. The molecule has 0 aliphatic rings. The Balaban J connectivity index is 1.89. The molecule has 1 unspecified atom stereocenters. The Labute approximate surface area is 137 Å². The molecule has 0 aliphatic carbocycles. The first kappa shape index (κ1) is 13.6. The van der Waals surface area contributed by atoms with Crippen LogP contribution < -0.4 is 0 Å². The summed E-state index contributed by atoms with van der Waals surface area (Å²) in [5, 5.41) is 2.48. The molecule has 2 nitrogen and oxygen atoms in total. The van der Waals surface area contributed by atoms with Gasteiger partial charge in [-0.2, -0.15) is 0 Å². The zero-order chi connectivity index (χ0) is 14.9. The van der Waals surface area contributed by atoms with Crippen LogP contribution in [0.1, 0.15) is 22.2 Å². The molecule has 4 heteroatoms. The summed E-state index contributed by atoms with van der Waals surface area (Å²) in [6, 6.07) is 19.0. The second-order valence-corrected chi connectivity index (χ2v) is 6.90. The van der Waals surface area contributed by atoms with Crippen LogP contribution in [-0.2, 0) is 0 Å². The molecule has 4 rings (SSSR count). The number of rotatable bonds is 3. The average Bonchev–Trinajstić information content (AvgIpc) is 3.20. The van der Waals surface area contributed by atoms with E-state index in [0.717, 1.165) is 10.2 Å². The molecule has 0 aliphatic heterocycles. The van der Waals surface area contributed by atoms with Gasteiger partial charge < -0.3 is 4.98 Å².